The van der Waals surface area contributed by atoms with Gasteiger partial charge in [0.25, 0.3) is 0 Å². The van der Waals surface area contributed by atoms with Crippen LogP contribution in [0.4, 0.5) is 0 Å². The summed E-state index contributed by atoms with van der Waals surface area (Å²) < 4.78 is 0. The van der Waals surface area contributed by atoms with Crippen molar-refractivity contribution in [1.82, 2.24) is 0 Å². The largest absolute Gasteiger partial charge is 0.393 e. The summed E-state index contributed by atoms with van der Waals surface area (Å²) in [7, 11) is 0. The fourth-order valence-electron chi connectivity index (χ4n) is 5.77. The number of aliphatic hydroxyl groups is 1. The summed E-state index contributed by atoms with van der Waals surface area (Å²) in [6.45, 7) is 0. The lowest BCUT2D eigenvalue weighted by molar-refractivity contribution is -0.133. The van der Waals surface area contributed by atoms with Gasteiger partial charge in [0.15, 0.2) is 0 Å². The zero-order valence-electron chi connectivity index (χ0n) is 9.49. The van der Waals surface area contributed by atoms with E-state index in [1.807, 2.05) is 0 Å². The van der Waals surface area contributed by atoms with Gasteiger partial charge in [-0.25, -0.2) is 0 Å². The maximum absolute atomic E-state index is 9.52. The van der Waals surface area contributed by atoms with E-state index in [0.29, 0.717) is 5.41 Å². The van der Waals surface area contributed by atoms with Crippen LogP contribution in [-0.4, -0.2) is 11.2 Å². The van der Waals surface area contributed by atoms with Crippen LogP contribution < -0.4 is 0 Å². The first-order chi connectivity index (χ1) is 7.23. The molecule has 84 valence electrons. The molecular formula is C14H22O. The molecule has 15 heavy (non-hydrogen) atoms. The third-order valence-corrected chi connectivity index (χ3v) is 6.06. The molecule has 0 unspecified atom stereocenters. The summed E-state index contributed by atoms with van der Waals surface area (Å²) in [6, 6.07) is 0. The van der Waals surface area contributed by atoms with Crippen molar-refractivity contribution in [2.75, 3.05) is 0 Å². The van der Waals surface area contributed by atoms with Crippen molar-refractivity contribution >= 4 is 0 Å². The average Bonchev–Trinajstić information content (AvgIpc) is 2.10. The molecule has 0 aromatic heterocycles. The molecule has 5 saturated carbocycles. The first kappa shape index (κ1) is 9.04. The van der Waals surface area contributed by atoms with Crippen molar-refractivity contribution in [2.24, 2.45) is 29.1 Å². The second kappa shape index (κ2) is 2.80. The summed E-state index contributed by atoms with van der Waals surface area (Å²) in [4.78, 5) is 0. The highest BCUT2D eigenvalue weighted by atomic mass is 16.3. The van der Waals surface area contributed by atoms with Crippen molar-refractivity contribution in [3.63, 3.8) is 0 Å². The number of aliphatic hydroxyl groups excluding tert-OH is 1. The molecule has 0 amide bonds. The fraction of sp³-hybridized carbons (Fsp3) is 1.00. The van der Waals surface area contributed by atoms with E-state index in [4.69, 9.17) is 0 Å². The molecule has 5 rings (SSSR count). The smallest absolute Gasteiger partial charge is 0.0546 e. The maximum Gasteiger partial charge on any atom is 0.0546 e. The van der Waals surface area contributed by atoms with Crippen molar-refractivity contribution in [3.8, 4) is 0 Å². The van der Waals surface area contributed by atoms with Gasteiger partial charge in [-0.05, 0) is 80.5 Å². The van der Waals surface area contributed by atoms with Crippen molar-refractivity contribution < 1.29 is 5.11 Å². The molecule has 5 aliphatic carbocycles. The lowest BCUT2D eigenvalue weighted by Crippen LogP contribution is -2.53. The molecule has 5 aliphatic rings. The Labute approximate surface area is 92.3 Å². The Bertz CT molecular complexity index is 242. The van der Waals surface area contributed by atoms with Crippen LogP contribution in [0.2, 0.25) is 0 Å². The molecule has 0 aliphatic heterocycles. The number of hydrogen-bond acceptors (Lipinski definition) is 1. The van der Waals surface area contributed by atoms with E-state index < -0.39 is 0 Å². The quantitative estimate of drug-likeness (QED) is 0.699. The van der Waals surface area contributed by atoms with Gasteiger partial charge in [-0.1, -0.05) is 0 Å². The Kier molecular flexibility index (Phi) is 1.68. The highest BCUT2D eigenvalue weighted by molar-refractivity contribution is 5.06. The lowest BCUT2D eigenvalue weighted by atomic mass is 9.44. The molecule has 1 nitrogen and oxygen atoms in total. The highest BCUT2D eigenvalue weighted by Gasteiger charge is 2.56. The Morgan fingerprint density at radius 2 is 1.20 bits per heavy atom. The molecule has 0 aromatic rings. The molecule has 0 atom stereocenters. The minimum atomic E-state index is 0.0583. The van der Waals surface area contributed by atoms with Crippen LogP contribution >= 0.6 is 0 Å². The van der Waals surface area contributed by atoms with Crippen LogP contribution in [0.5, 0.6) is 0 Å². The van der Waals surface area contributed by atoms with Crippen molar-refractivity contribution in [3.05, 3.63) is 0 Å². The van der Waals surface area contributed by atoms with Crippen molar-refractivity contribution in [2.45, 2.75) is 57.5 Å². The molecule has 1 N–H and O–H groups in total. The van der Waals surface area contributed by atoms with Gasteiger partial charge in [0.2, 0.25) is 0 Å². The average molecular weight is 206 g/mol. The molecule has 1 heteroatoms. The van der Waals surface area contributed by atoms with Crippen LogP contribution in [0.25, 0.3) is 0 Å². The predicted molar refractivity (Wildman–Crippen MR) is 59.3 cm³/mol. The maximum atomic E-state index is 9.52. The van der Waals surface area contributed by atoms with Gasteiger partial charge in [0.1, 0.15) is 0 Å². The highest BCUT2D eigenvalue weighted by Crippen LogP contribution is 2.65. The number of rotatable bonds is 1. The van der Waals surface area contributed by atoms with E-state index in [0.717, 1.165) is 36.5 Å². The zero-order valence-corrected chi connectivity index (χ0v) is 9.49. The zero-order chi connectivity index (χ0) is 10.0. The number of hydrogen-bond donors (Lipinski definition) is 1. The second-order valence-electron chi connectivity index (χ2n) is 7.10. The third kappa shape index (κ3) is 1.19. The standard InChI is InChI=1S/C14H22O/c15-13-4-12(5-13)14-6-9-1-10(7-14)3-11(2-9)8-14/h9-13,15H,1-8H2. The summed E-state index contributed by atoms with van der Waals surface area (Å²) in [5.41, 5.74) is 0.716. The molecular weight excluding hydrogens is 184 g/mol. The van der Waals surface area contributed by atoms with Crippen LogP contribution in [0.3, 0.4) is 0 Å². The molecule has 0 heterocycles. The first-order valence-corrected chi connectivity index (χ1v) is 6.91. The normalized spacial score (nSPS) is 61.8. The van der Waals surface area contributed by atoms with E-state index in [2.05, 4.69) is 0 Å². The Morgan fingerprint density at radius 1 is 0.733 bits per heavy atom. The van der Waals surface area contributed by atoms with E-state index in [1.165, 1.54) is 19.3 Å². The van der Waals surface area contributed by atoms with E-state index in [1.54, 1.807) is 19.3 Å². The summed E-state index contributed by atoms with van der Waals surface area (Å²) in [5.74, 6) is 4.14. The topological polar surface area (TPSA) is 20.2 Å². The van der Waals surface area contributed by atoms with Crippen LogP contribution in [0, 0.1) is 29.1 Å². The van der Waals surface area contributed by atoms with Gasteiger partial charge >= 0.3 is 0 Å². The Balaban J connectivity index is 1.61. The van der Waals surface area contributed by atoms with Crippen LogP contribution in [0.1, 0.15) is 51.4 Å². The second-order valence-corrected chi connectivity index (χ2v) is 7.10. The summed E-state index contributed by atoms with van der Waals surface area (Å²) in [5, 5.41) is 9.52. The molecule has 5 fully saturated rings. The van der Waals surface area contributed by atoms with Gasteiger partial charge in [-0.3, -0.25) is 0 Å². The fourth-order valence-corrected chi connectivity index (χ4v) is 5.77. The minimum Gasteiger partial charge on any atom is -0.393 e. The Hall–Kier alpha value is -0.0400. The SMILES string of the molecule is OC1CC(C23CC4CC(CC(C4)C2)C3)C1. The summed E-state index contributed by atoms with van der Waals surface area (Å²) in [6.07, 6.45) is 11.5. The first-order valence-electron chi connectivity index (χ1n) is 6.91. The van der Waals surface area contributed by atoms with Crippen molar-refractivity contribution in [1.29, 1.82) is 0 Å². The lowest BCUT2D eigenvalue weighted by Gasteiger charge is -2.62. The summed E-state index contributed by atoms with van der Waals surface area (Å²) >= 11 is 0. The van der Waals surface area contributed by atoms with E-state index in [-0.39, 0.29) is 6.10 Å². The molecule has 0 spiro atoms. The van der Waals surface area contributed by atoms with E-state index in [9.17, 15) is 5.11 Å². The van der Waals surface area contributed by atoms with Gasteiger partial charge in [-0.15, -0.1) is 0 Å². The minimum absolute atomic E-state index is 0.0583. The molecule has 4 bridgehead atoms. The predicted octanol–water partition coefficient (Wildman–Crippen LogP) is 2.97. The molecule has 0 saturated heterocycles. The molecule has 0 aromatic carbocycles. The van der Waals surface area contributed by atoms with E-state index >= 15 is 0 Å². The third-order valence-electron chi connectivity index (χ3n) is 6.06. The van der Waals surface area contributed by atoms with Gasteiger partial charge in [0.05, 0.1) is 6.10 Å². The Morgan fingerprint density at radius 3 is 1.60 bits per heavy atom. The van der Waals surface area contributed by atoms with Gasteiger partial charge in [0, 0.05) is 0 Å². The van der Waals surface area contributed by atoms with Crippen LogP contribution in [0.15, 0.2) is 0 Å². The molecule has 0 radical (unpaired) electrons. The monoisotopic (exact) mass is 206 g/mol. The van der Waals surface area contributed by atoms with Gasteiger partial charge in [-0.2, -0.15) is 0 Å². The van der Waals surface area contributed by atoms with Gasteiger partial charge < -0.3 is 5.11 Å². The van der Waals surface area contributed by atoms with Crippen LogP contribution in [-0.2, 0) is 0 Å².